The lowest BCUT2D eigenvalue weighted by molar-refractivity contribution is 0.595. The number of rotatable bonds is 3. The van der Waals surface area contributed by atoms with Crippen LogP contribution in [0.25, 0.3) is 0 Å². The van der Waals surface area contributed by atoms with Gasteiger partial charge in [0.05, 0.1) is 11.1 Å². The number of halogens is 1. The highest BCUT2D eigenvalue weighted by atomic mass is 35.5. The lowest BCUT2D eigenvalue weighted by Crippen LogP contribution is -2.26. The Morgan fingerprint density at radius 2 is 1.67 bits per heavy atom. The van der Waals surface area contributed by atoms with Crippen LogP contribution in [0.15, 0.2) is 40.3 Å². The van der Waals surface area contributed by atoms with Crippen molar-refractivity contribution in [1.82, 2.24) is 9.97 Å². The fraction of sp³-hybridized carbons (Fsp3) is 0.375. The molecule has 0 spiro atoms. The van der Waals surface area contributed by atoms with Crippen molar-refractivity contribution in [1.29, 1.82) is 0 Å². The molecule has 2 heterocycles. The van der Waals surface area contributed by atoms with Crippen molar-refractivity contribution in [2.24, 2.45) is 0 Å². The summed E-state index contributed by atoms with van der Waals surface area (Å²) in [7, 11) is -3.77. The molecule has 6 nitrogen and oxygen atoms in total. The van der Waals surface area contributed by atoms with E-state index >= 15 is 0 Å². The second-order valence-corrected chi connectivity index (χ2v) is 8.13. The summed E-state index contributed by atoms with van der Waals surface area (Å²) in [5.41, 5.74) is 5.94. The zero-order valence-corrected chi connectivity index (χ0v) is 14.7. The van der Waals surface area contributed by atoms with Crippen LogP contribution in [-0.2, 0) is 9.84 Å². The summed E-state index contributed by atoms with van der Waals surface area (Å²) in [5, 5.41) is 0.467. The van der Waals surface area contributed by atoms with Crippen molar-refractivity contribution in [2.75, 3.05) is 23.7 Å². The first-order valence-corrected chi connectivity index (χ1v) is 9.73. The maximum Gasteiger partial charge on any atom is 0.227 e. The standard InChI is InChI=1S/C16H19ClN4O2S/c17-12-5-7-13(8-6-12)24(22,23)14-11-19-16(20-15(14)18)21-9-3-1-2-4-10-21/h5-8,11H,1-4,9-10H2,(H2,18,19,20). The Morgan fingerprint density at radius 1 is 1.04 bits per heavy atom. The molecular weight excluding hydrogens is 348 g/mol. The maximum atomic E-state index is 12.7. The van der Waals surface area contributed by atoms with Crippen molar-refractivity contribution in [2.45, 2.75) is 35.5 Å². The smallest absolute Gasteiger partial charge is 0.227 e. The van der Waals surface area contributed by atoms with Gasteiger partial charge in [0.1, 0.15) is 10.7 Å². The predicted molar refractivity (Wildman–Crippen MR) is 94.0 cm³/mol. The van der Waals surface area contributed by atoms with Gasteiger partial charge in [-0.05, 0) is 37.1 Å². The molecule has 0 amide bonds. The minimum atomic E-state index is -3.77. The first-order chi connectivity index (χ1) is 11.5. The van der Waals surface area contributed by atoms with Crippen molar-refractivity contribution < 1.29 is 8.42 Å². The summed E-state index contributed by atoms with van der Waals surface area (Å²) in [5.74, 6) is 0.462. The molecule has 1 saturated heterocycles. The number of aromatic nitrogens is 2. The van der Waals surface area contributed by atoms with Crippen molar-refractivity contribution in [3.8, 4) is 0 Å². The Kier molecular flexibility index (Phi) is 4.91. The van der Waals surface area contributed by atoms with E-state index < -0.39 is 9.84 Å². The summed E-state index contributed by atoms with van der Waals surface area (Å²) < 4.78 is 25.4. The highest BCUT2D eigenvalue weighted by Crippen LogP contribution is 2.27. The maximum absolute atomic E-state index is 12.7. The van der Waals surface area contributed by atoms with Gasteiger partial charge in [-0.2, -0.15) is 4.98 Å². The molecular formula is C16H19ClN4O2S. The second-order valence-electron chi connectivity index (χ2n) is 5.78. The van der Waals surface area contributed by atoms with Gasteiger partial charge in [-0.3, -0.25) is 0 Å². The van der Waals surface area contributed by atoms with Gasteiger partial charge in [-0.25, -0.2) is 13.4 Å². The van der Waals surface area contributed by atoms with E-state index in [-0.39, 0.29) is 15.6 Å². The van der Waals surface area contributed by atoms with Gasteiger partial charge in [-0.1, -0.05) is 24.4 Å². The number of hydrogen-bond acceptors (Lipinski definition) is 6. The first-order valence-electron chi connectivity index (χ1n) is 7.86. The number of nitrogens with zero attached hydrogens (tertiary/aromatic N) is 3. The van der Waals surface area contributed by atoms with Crippen LogP contribution in [0.5, 0.6) is 0 Å². The third kappa shape index (κ3) is 3.47. The molecule has 1 aromatic heterocycles. The van der Waals surface area contributed by atoms with Crippen LogP contribution in [0.3, 0.4) is 0 Å². The normalized spacial score (nSPS) is 16.0. The zero-order chi connectivity index (χ0) is 17.2. The number of benzene rings is 1. The van der Waals surface area contributed by atoms with Crippen LogP contribution < -0.4 is 10.6 Å². The lowest BCUT2D eigenvalue weighted by Gasteiger charge is -2.20. The average molecular weight is 367 g/mol. The second kappa shape index (κ2) is 6.94. The van der Waals surface area contributed by atoms with Crippen LogP contribution in [0.1, 0.15) is 25.7 Å². The third-order valence-corrected chi connectivity index (χ3v) is 6.11. The Morgan fingerprint density at radius 3 is 2.25 bits per heavy atom. The van der Waals surface area contributed by atoms with E-state index in [4.69, 9.17) is 17.3 Å². The Balaban J connectivity index is 1.93. The molecule has 1 aromatic carbocycles. The fourth-order valence-corrected chi connectivity index (χ4v) is 4.13. The number of sulfone groups is 1. The molecule has 0 atom stereocenters. The number of anilines is 2. The topological polar surface area (TPSA) is 89.2 Å². The van der Waals surface area contributed by atoms with Gasteiger partial charge in [-0.15, -0.1) is 0 Å². The Hall–Kier alpha value is -1.86. The molecule has 1 aliphatic heterocycles. The van der Waals surface area contributed by atoms with Gasteiger partial charge >= 0.3 is 0 Å². The van der Waals surface area contributed by atoms with Crippen LogP contribution in [-0.4, -0.2) is 31.5 Å². The zero-order valence-electron chi connectivity index (χ0n) is 13.2. The molecule has 0 aliphatic carbocycles. The van der Waals surface area contributed by atoms with Crippen LogP contribution in [0.4, 0.5) is 11.8 Å². The van der Waals surface area contributed by atoms with E-state index in [0.717, 1.165) is 25.9 Å². The molecule has 128 valence electrons. The molecule has 1 fully saturated rings. The molecule has 1 aliphatic rings. The molecule has 24 heavy (non-hydrogen) atoms. The summed E-state index contributed by atoms with van der Waals surface area (Å²) in [4.78, 5) is 10.6. The molecule has 2 aromatic rings. The lowest BCUT2D eigenvalue weighted by atomic mass is 10.2. The van der Waals surface area contributed by atoms with Gasteiger partial charge < -0.3 is 10.6 Å². The quantitative estimate of drug-likeness (QED) is 0.898. The molecule has 0 saturated carbocycles. The first kappa shape index (κ1) is 17.0. The molecule has 8 heteroatoms. The van der Waals surface area contributed by atoms with Gasteiger partial charge in [0, 0.05) is 18.1 Å². The summed E-state index contributed by atoms with van der Waals surface area (Å²) in [6.07, 6.45) is 5.83. The summed E-state index contributed by atoms with van der Waals surface area (Å²) >= 11 is 5.81. The monoisotopic (exact) mass is 366 g/mol. The van der Waals surface area contributed by atoms with E-state index in [2.05, 4.69) is 14.9 Å². The fourth-order valence-electron chi connectivity index (χ4n) is 2.75. The van der Waals surface area contributed by atoms with E-state index in [1.54, 1.807) is 0 Å². The van der Waals surface area contributed by atoms with E-state index in [0.29, 0.717) is 11.0 Å². The van der Waals surface area contributed by atoms with Crippen LogP contribution in [0.2, 0.25) is 5.02 Å². The van der Waals surface area contributed by atoms with Crippen LogP contribution >= 0.6 is 11.6 Å². The van der Waals surface area contributed by atoms with Crippen LogP contribution in [0, 0.1) is 0 Å². The van der Waals surface area contributed by atoms with Crippen molar-refractivity contribution in [3.63, 3.8) is 0 Å². The highest BCUT2D eigenvalue weighted by molar-refractivity contribution is 7.91. The molecule has 3 rings (SSSR count). The Bertz CT molecular complexity index is 816. The van der Waals surface area contributed by atoms with E-state index in [1.165, 1.54) is 43.3 Å². The summed E-state index contributed by atoms with van der Waals surface area (Å²) in [6.45, 7) is 1.73. The molecule has 0 unspecified atom stereocenters. The average Bonchev–Trinajstić information content (AvgIpc) is 2.84. The molecule has 0 radical (unpaired) electrons. The Labute approximate surface area is 146 Å². The van der Waals surface area contributed by atoms with Gasteiger partial charge in [0.25, 0.3) is 0 Å². The van der Waals surface area contributed by atoms with E-state index in [9.17, 15) is 8.42 Å². The van der Waals surface area contributed by atoms with Gasteiger partial charge in [0.15, 0.2) is 0 Å². The highest BCUT2D eigenvalue weighted by Gasteiger charge is 2.23. The minimum absolute atomic E-state index is 0.0285. The third-order valence-electron chi connectivity index (χ3n) is 4.07. The number of hydrogen-bond donors (Lipinski definition) is 1. The largest absolute Gasteiger partial charge is 0.382 e. The number of nitrogen functional groups attached to an aromatic ring is 1. The van der Waals surface area contributed by atoms with Gasteiger partial charge in [0.2, 0.25) is 15.8 Å². The minimum Gasteiger partial charge on any atom is -0.382 e. The van der Waals surface area contributed by atoms with Crippen molar-refractivity contribution >= 4 is 33.2 Å². The van der Waals surface area contributed by atoms with Crippen molar-refractivity contribution in [3.05, 3.63) is 35.5 Å². The number of nitrogens with two attached hydrogens (primary N) is 1. The van der Waals surface area contributed by atoms with E-state index in [1.807, 2.05) is 0 Å². The molecule has 2 N–H and O–H groups in total. The SMILES string of the molecule is Nc1nc(N2CCCCCC2)ncc1S(=O)(=O)c1ccc(Cl)cc1. The predicted octanol–water partition coefficient (Wildman–Crippen LogP) is 2.93. The molecule has 0 bridgehead atoms. The summed E-state index contributed by atoms with van der Waals surface area (Å²) in [6, 6.07) is 5.94.